The summed E-state index contributed by atoms with van der Waals surface area (Å²) in [5.74, 6) is 0.174. The topological polar surface area (TPSA) is 36.4 Å². The summed E-state index contributed by atoms with van der Waals surface area (Å²) in [6, 6.07) is 3.72. The number of carbonyl (C=O) groups excluding carboxylic acids is 1. The van der Waals surface area contributed by atoms with Gasteiger partial charge in [0.25, 0.3) is 0 Å². The van der Waals surface area contributed by atoms with Crippen LogP contribution in [-0.4, -0.2) is 47.4 Å². The van der Waals surface area contributed by atoms with E-state index in [1.54, 1.807) is 17.2 Å². The highest BCUT2D eigenvalue weighted by Crippen LogP contribution is 2.10. The molecule has 1 aliphatic heterocycles. The molecule has 0 atom stereocenters. The van der Waals surface area contributed by atoms with Gasteiger partial charge in [0, 0.05) is 32.9 Å². The molecule has 2 rings (SSSR count). The zero-order valence-electron chi connectivity index (χ0n) is 9.19. The predicted molar refractivity (Wildman–Crippen MR) is 62.2 cm³/mol. The van der Waals surface area contributed by atoms with Gasteiger partial charge in [-0.15, -0.1) is 0 Å². The van der Waals surface area contributed by atoms with Crippen molar-refractivity contribution in [2.45, 2.75) is 6.54 Å². The third kappa shape index (κ3) is 2.71. The molecular weight excluding hydrogens is 226 g/mol. The number of halogens is 1. The molecule has 1 aromatic rings. The second kappa shape index (κ2) is 4.80. The van der Waals surface area contributed by atoms with Crippen molar-refractivity contribution in [3.63, 3.8) is 0 Å². The SMILES string of the molecule is CN1CCN(Cc2ccc(Cl)nc2)CC1=O. The Morgan fingerprint density at radius 1 is 1.44 bits per heavy atom. The third-order valence-electron chi connectivity index (χ3n) is 2.73. The Morgan fingerprint density at radius 3 is 2.88 bits per heavy atom. The number of aromatic nitrogens is 1. The van der Waals surface area contributed by atoms with Crippen LogP contribution in [0.2, 0.25) is 5.15 Å². The van der Waals surface area contributed by atoms with Gasteiger partial charge in [-0.1, -0.05) is 17.7 Å². The summed E-state index contributed by atoms with van der Waals surface area (Å²) in [5, 5.41) is 0.498. The van der Waals surface area contributed by atoms with Crippen LogP contribution in [0.25, 0.3) is 0 Å². The van der Waals surface area contributed by atoms with E-state index in [0.717, 1.165) is 25.2 Å². The lowest BCUT2D eigenvalue weighted by Gasteiger charge is -2.31. The van der Waals surface area contributed by atoms with Gasteiger partial charge in [-0.3, -0.25) is 9.69 Å². The number of pyridine rings is 1. The Kier molecular flexibility index (Phi) is 3.41. The summed E-state index contributed by atoms with van der Waals surface area (Å²) in [6.45, 7) is 2.94. The first kappa shape index (κ1) is 11.4. The monoisotopic (exact) mass is 239 g/mol. The molecule has 16 heavy (non-hydrogen) atoms. The van der Waals surface area contributed by atoms with E-state index in [4.69, 9.17) is 11.6 Å². The van der Waals surface area contributed by atoms with Crippen LogP contribution in [0.15, 0.2) is 18.3 Å². The molecule has 0 spiro atoms. The van der Waals surface area contributed by atoms with Gasteiger partial charge in [0.1, 0.15) is 5.15 Å². The molecule has 0 radical (unpaired) electrons. The largest absolute Gasteiger partial charge is 0.343 e. The maximum Gasteiger partial charge on any atom is 0.236 e. The number of amides is 1. The lowest BCUT2D eigenvalue weighted by atomic mass is 10.2. The highest BCUT2D eigenvalue weighted by atomic mass is 35.5. The summed E-state index contributed by atoms with van der Waals surface area (Å²) in [4.78, 5) is 19.4. The first-order valence-electron chi connectivity index (χ1n) is 5.22. The van der Waals surface area contributed by atoms with Crippen molar-refractivity contribution in [3.05, 3.63) is 29.0 Å². The Hall–Kier alpha value is -1.13. The van der Waals surface area contributed by atoms with Gasteiger partial charge < -0.3 is 4.90 Å². The fraction of sp³-hybridized carbons (Fsp3) is 0.455. The molecule has 0 N–H and O–H groups in total. The average molecular weight is 240 g/mol. The molecule has 1 aliphatic rings. The van der Waals surface area contributed by atoms with E-state index >= 15 is 0 Å². The normalized spacial score (nSPS) is 17.9. The molecule has 0 unspecified atom stereocenters. The highest BCUT2D eigenvalue weighted by molar-refractivity contribution is 6.29. The zero-order chi connectivity index (χ0) is 11.5. The number of piperazine rings is 1. The minimum atomic E-state index is 0.174. The second-order valence-electron chi connectivity index (χ2n) is 4.02. The van der Waals surface area contributed by atoms with E-state index in [0.29, 0.717) is 11.7 Å². The van der Waals surface area contributed by atoms with Crippen LogP contribution in [0.4, 0.5) is 0 Å². The van der Waals surface area contributed by atoms with Crippen molar-refractivity contribution in [3.8, 4) is 0 Å². The zero-order valence-corrected chi connectivity index (χ0v) is 9.94. The van der Waals surface area contributed by atoms with Gasteiger partial charge in [0.15, 0.2) is 0 Å². The number of hydrogen-bond donors (Lipinski definition) is 0. The van der Waals surface area contributed by atoms with Gasteiger partial charge in [0.2, 0.25) is 5.91 Å². The van der Waals surface area contributed by atoms with Crippen molar-refractivity contribution in [1.82, 2.24) is 14.8 Å². The maximum absolute atomic E-state index is 11.5. The Labute approximate surface area is 99.8 Å². The molecule has 1 fully saturated rings. The number of likely N-dealkylation sites (N-methyl/N-ethyl adjacent to an activating group) is 1. The smallest absolute Gasteiger partial charge is 0.236 e. The number of nitrogens with zero attached hydrogens (tertiary/aromatic N) is 3. The second-order valence-corrected chi connectivity index (χ2v) is 4.40. The molecule has 0 aromatic carbocycles. The van der Waals surface area contributed by atoms with E-state index in [9.17, 15) is 4.79 Å². The van der Waals surface area contributed by atoms with Gasteiger partial charge in [-0.2, -0.15) is 0 Å². The standard InChI is InChI=1S/C11H14ClN3O/c1-14-4-5-15(8-11(14)16)7-9-2-3-10(12)13-6-9/h2-3,6H,4-5,7-8H2,1H3. The molecule has 1 aromatic heterocycles. The Bertz CT molecular complexity index is 379. The molecule has 1 saturated heterocycles. The van der Waals surface area contributed by atoms with Crippen molar-refractivity contribution in [1.29, 1.82) is 0 Å². The minimum Gasteiger partial charge on any atom is -0.343 e. The molecule has 1 amide bonds. The van der Waals surface area contributed by atoms with E-state index in [2.05, 4.69) is 9.88 Å². The Balaban J connectivity index is 1.95. The number of hydrogen-bond acceptors (Lipinski definition) is 3. The first-order chi connectivity index (χ1) is 7.65. The quantitative estimate of drug-likeness (QED) is 0.723. The molecule has 4 nitrogen and oxygen atoms in total. The van der Waals surface area contributed by atoms with Crippen molar-refractivity contribution < 1.29 is 4.79 Å². The summed E-state index contributed by atoms with van der Waals surface area (Å²) >= 11 is 5.71. The summed E-state index contributed by atoms with van der Waals surface area (Å²) in [5.41, 5.74) is 1.08. The Morgan fingerprint density at radius 2 is 2.25 bits per heavy atom. The van der Waals surface area contributed by atoms with Crippen LogP contribution < -0.4 is 0 Å². The van der Waals surface area contributed by atoms with E-state index < -0.39 is 0 Å². The van der Waals surface area contributed by atoms with Crippen LogP contribution in [0.5, 0.6) is 0 Å². The molecule has 2 heterocycles. The fourth-order valence-corrected chi connectivity index (χ4v) is 1.81. The average Bonchev–Trinajstić information content (AvgIpc) is 2.27. The maximum atomic E-state index is 11.5. The number of carbonyl (C=O) groups is 1. The molecule has 86 valence electrons. The third-order valence-corrected chi connectivity index (χ3v) is 2.95. The summed E-state index contributed by atoms with van der Waals surface area (Å²) in [6.07, 6.45) is 1.76. The van der Waals surface area contributed by atoms with E-state index in [1.165, 1.54) is 0 Å². The highest BCUT2D eigenvalue weighted by Gasteiger charge is 2.20. The minimum absolute atomic E-state index is 0.174. The van der Waals surface area contributed by atoms with Gasteiger partial charge >= 0.3 is 0 Å². The lowest BCUT2D eigenvalue weighted by molar-refractivity contribution is -0.134. The van der Waals surface area contributed by atoms with Crippen molar-refractivity contribution in [2.24, 2.45) is 0 Å². The molecule has 5 heteroatoms. The van der Waals surface area contributed by atoms with Gasteiger partial charge in [-0.25, -0.2) is 4.98 Å². The van der Waals surface area contributed by atoms with Gasteiger partial charge in [-0.05, 0) is 11.6 Å². The summed E-state index contributed by atoms with van der Waals surface area (Å²) < 4.78 is 0. The van der Waals surface area contributed by atoms with Crippen LogP contribution >= 0.6 is 11.6 Å². The van der Waals surface area contributed by atoms with Crippen LogP contribution in [0.3, 0.4) is 0 Å². The van der Waals surface area contributed by atoms with Crippen LogP contribution in [0, 0.1) is 0 Å². The van der Waals surface area contributed by atoms with E-state index in [-0.39, 0.29) is 5.91 Å². The fourth-order valence-electron chi connectivity index (χ4n) is 1.70. The molecule has 0 aliphatic carbocycles. The number of rotatable bonds is 2. The first-order valence-corrected chi connectivity index (χ1v) is 5.60. The molecular formula is C11H14ClN3O. The molecule has 0 bridgehead atoms. The van der Waals surface area contributed by atoms with Crippen molar-refractivity contribution >= 4 is 17.5 Å². The molecule has 0 saturated carbocycles. The van der Waals surface area contributed by atoms with Crippen molar-refractivity contribution in [2.75, 3.05) is 26.7 Å². The summed E-state index contributed by atoms with van der Waals surface area (Å²) in [7, 11) is 1.84. The van der Waals surface area contributed by atoms with Crippen LogP contribution in [0.1, 0.15) is 5.56 Å². The van der Waals surface area contributed by atoms with Gasteiger partial charge in [0.05, 0.1) is 6.54 Å². The van der Waals surface area contributed by atoms with E-state index in [1.807, 2.05) is 13.1 Å². The van der Waals surface area contributed by atoms with Crippen LogP contribution in [-0.2, 0) is 11.3 Å². The lowest BCUT2D eigenvalue weighted by Crippen LogP contribution is -2.47. The predicted octanol–water partition coefficient (Wildman–Crippen LogP) is 1.01.